The van der Waals surface area contributed by atoms with Crippen LogP contribution in [0, 0.1) is 0 Å². The summed E-state index contributed by atoms with van der Waals surface area (Å²) in [4.78, 5) is 15.9. The molecule has 0 radical (unpaired) electrons. The third kappa shape index (κ3) is 2.28. The highest BCUT2D eigenvalue weighted by atomic mass is 16.3. The van der Waals surface area contributed by atoms with Crippen molar-refractivity contribution in [3.05, 3.63) is 54.2 Å². The topological polar surface area (TPSA) is 55.1 Å². The van der Waals surface area contributed by atoms with E-state index in [-0.39, 0.29) is 11.9 Å². The number of amides is 1. The fourth-order valence-electron chi connectivity index (χ4n) is 1.38. The maximum absolute atomic E-state index is 11.7. The van der Waals surface area contributed by atoms with Gasteiger partial charge in [0, 0.05) is 6.20 Å². The lowest BCUT2D eigenvalue weighted by molar-refractivity contribution is 0.0938. The van der Waals surface area contributed by atoms with Crippen molar-refractivity contribution in [3.8, 4) is 0 Å². The second-order valence-corrected chi connectivity index (χ2v) is 3.46. The van der Waals surface area contributed by atoms with E-state index in [1.165, 1.54) is 12.5 Å². The predicted molar refractivity (Wildman–Crippen MR) is 58.8 cm³/mol. The molecular formula is C12H12N2O2. The van der Waals surface area contributed by atoms with Crippen molar-refractivity contribution in [2.75, 3.05) is 0 Å². The second-order valence-electron chi connectivity index (χ2n) is 3.46. The second kappa shape index (κ2) is 4.61. The van der Waals surface area contributed by atoms with Crippen LogP contribution >= 0.6 is 0 Å². The van der Waals surface area contributed by atoms with Crippen LogP contribution in [0.3, 0.4) is 0 Å². The average Bonchev–Trinajstić information content (AvgIpc) is 2.83. The molecule has 1 amide bonds. The van der Waals surface area contributed by atoms with Crippen LogP contribution < -0.4 is 5.32 Å². The number of nitrogens with one attached hydrogen (secondary N) is 1. The van der Waals surface area contributed by atoms with Gasteiger partial charge >= 0.3 is 0 Å². The van der Waals surface area contributed by atoms with E-state index in [2.05, 4.69) is 10.3 Å². The Morgan fingerprint density at radius 3 is 2.94 bits per heavy atom. The van der Waals surface area contributed by atoms with Crippen LogP contribution in [-0.4, -0.2) is 10.9 Å². The van der Waals surface area contributed by atoms with Gasteiger partial charge in [0.15, 0.2) is 0 Å². The number of aromatic nitrogens is 1. The molecule has 2 aromatic heterocycles. The fourth-order valence-corrected chi connectivity index (χ4v) is 1.38. The molecule has 0 aliphatic heterocycles. The maximum atomic E-state index is 11.7. The Bertz CT molecular complexity index is 451. The first-order valence-corrected chi connectivity index (χ1v) is 5.01. The first-order chi connectivity index (χ1) is 7.77. The minimum absolute atomic E-state index is 0.122. The molecule has 0 aromatic carbocycles. The van der Waals surface area contributed by atoms with E-state index in [9.17, 15) is 4.79 Å². The van der Waals surface area contributed by atoms with E-state index >= 15 is 0 Å². The Labute approximate surface area is 93.3 Å². The first-order valence-electron chi connectivity index (χ1n) is 5.01. The van der Waals surface area contributed by atoms with Crippen LogP contribution in [0.15, 0.2) is 47.4 Å². The Balaban J connectivity index is 2.03. The molecular weight excluding hydrogens is 204 g/mol. The smallest absolute Gasteiger partial charge is 0.255 e. The number of nitrogens with zero attached hydrogens (tertiary/aromatic N) is 1. The van der Waals surface area contributed by atoms with Crippen molar-refractivity contribution < 1.29 is 9.21 Å². The molecule has 4 nitrogen and oxygen atoms in total. The summed E-state index contributed by atoms with van der Waals surface area (Å²) in [7, 11) is 0. The molecule has 4 heteroatoms. The quantitative estimate of drug-likeness (QED) is 0.855. The van der Waals surface area contributed by atoms with E-state index in [0.29, 0.717) is 5.56 Å². The lowest BCUT2D eigenvalue weighted by atomic mass is 10.2. The summed E-state index contributed by atoms with van der Waals surface area (Å²) in [5, 5.41) is 2.84. The zero-order chi connectivity index (χ0) is 11.4. The van der Waals surface area contributed by atoms with Gasteiger partial charge in [0.25, 0.3) is 5.91 Å². The molecule has 82 valence electrons. The Morgan fingerprint density at radius 2 is 2.31 bits per heavy atom. The van der Waals surface area contributed by atoms with Crippen molar-refractivity contribution in [2.45, 2.75) is 13.0 Å². The molecule has 0 saturated carbocycles. The highest BCUT2D eigenvalue weighted by Gasteiger charge is 2.12. The number of hydrogen-bond donors (Lipinski definition) is 1. The minimum atomic E-state index is -0.160. The molecule has 0 aliphatic carbocycles. The number of hydrogen-bond acceptors (Lipinski definition) is 3. The first kappa shape index (κ1) is 10.4. The van der Waals surface area contributed by atoms with Gasteiger partial charge in [-0.25, -0.2) is 0 Å². The van der Waals surface area contributed by atoms with Crippen molar-refractivity contribution in [1.29, 1.82) is 0 Å². The summed E-state index contributed by atoms with van der Waals surface area (Å²) < 4.78 is 4.85. The van der Waals surface area contributed by atoms with Gasteiger partial charge in [-0.2, -0.15) is 0 Å². The Hall–Kier alpha value is -2.10. The van der Waals surface area contributed by atoms with Crippen LogP contribution in [0.25, 0.3) is 0 Å². The number of carbonyl (C=O) groups is 1. The summed E-state index contributed by atoms with van der Waals surface area (Å²) in [6.45, 7) is 1.89. The van der Waals surface area contributed by atoms with Crippen molar-refractivity contribution in [3.63, 3.8) is 0 Å². The van der Waals surface area contributed by atoms with E-state index in [1.54, 1.807) is 12.3 Å². The molecule has 16 heavy (non-hydrogen) atoms. The SMILES string of the molecule is CC(NC(=O)c1ccoc1)c1ccccn1. The van der Waals surface area contributed by atoms with Gasteiger partial charge in [-0.1, -0.05) is 6.07 Å². The monoisotopic (exact) mass is 216 g/mol. The van der Waals surface area contributed by atoms with Crippen LogP contribution in [0.4, 0.5) is 0 Å². The van der Waals surface area contributed by atoms with Gasteiger partial charge in [0.1, 0.15) is 6.26 Å². The van der Waals surface area contributed by atoms with Crippen LogP contribution in [0.1, 0.15) is 29.0 Å². The molecule has 1 unspecified atom stereocenters. The van der Waals surface area contributed by atoms with E-state index in [4.69, 9.17) is 4.42 Å². The lowest BCUT2D eigenvalue weighted by Gasteiger charge is -2.12. The number of pyridine rings is 1. The standard InChI is InChI=1S/C12H12N2O2/c1-9(11-4-2-3-6-13-11)14-12(15)10-5-7-16-8-10/h2-9H,1H3,(H,14,15). The zero-order valence-corrected chi connectivity index (χ0v) is 8.88. The summed E-state index contributed by atoms with van der Waals surface area (Å²) >= 11 is 0. The van der Waals surface area contributed by atoms with Crippen molar-refractivity contribution in [2.24, 2.45) is 0 Å². The fraction of sp³-hybridized carbons (Fsp3) is 0.167. The van der Waals surface area contributed by atoms with E-state index in [0.717, 1.165) is 5.69 Å². The highest BCUT2D eigenvalue weighted by Crippen LogP contribution is 2.09. The molecule has 0 spiro atoms. The summed E-state index contributed by atoms with van der Waals surface area (Å²) in [6, 6.07) is 7.11. The van der Waals surface area contributed by atoms with Crippen LogP contribution in [0.2, 0.25) is 0 Å². The summed E-state index contributed by atoms with van der Waals surface area (Å²) in [5.41, 5.74) is 1.35. The molecule has 2 rings (SSSR count). The molecule has 2 heterocycles. The third-order valence-electron chi connectivity index (χ3n) is 2.26. The van der Waals surface area contributed by atoms with Gasteiger partial charge in [0.05, 0.1) is 23.6 Å². The van der Waals surface area contributed by atoms with Gasteiger partial charge in [0.2, 0.25) is 0 Å². The highest BCUT2D eigenvalue weighted by molar-refractivity contribution is 5.93. The summed E-state index contributed by atoms with van der Waals surface area (Å²) in [6.07, 6.45) is 4.59. The molecule has 2 aromatic rings. The molecule has 0 fully saturated rings. The van der Waals surface area contributed by atoms with Crippen LogP contribution in [-0.2, 0) is 0 Å². The molecule has 1 N–H and O–H groups in total. The van der Waals surface area contributed by atoms with Gasteiger partial charge < -0.3 is 9.73 Å². The third-order valence-corrected chi connectivity index (χ3v) is 2.26. The Kier molecular flexibility index (Phi) is 3.00. The molecule has 0 bridgehead atoms. The number of carbonyl (C=O) groups excluding carboxylic acids is 1. The van der Waals surface area contributed by atoms with Gasteiger partial charge in [-0.15, -0.1) is 0 Å². The average molecular weight is 216 g/mol. The number of furan rings is 1. The van der Waals surface area contributed by atoms with Gasteiger partial charge in [-0.3, -0.25) is 9.78 Å². The predicted octanol–water partition coefficient (Wildman–Crippen LogP) is 2.17. The number of rotatable bonds is 3. The van der Waals surface area contributed by atoms with Crippen LogP contribution in [0.5, 0.6) is 0 Å². The van der Waals surface area contributed by atoms with E-state index < -0.39 is 0 Å². The molecule has 1 atom stereocenters. The van der Waals surface area contributed by atoms with Gasteiger partial charge in [-0.05, 0) is 25.1 Å². The van der Waals surface area contributed by atoms with Crippen molar-refractivity contribution in [1.82, 2.24) is 10.3 Å². The lowest BCUT2D eigenvalue weighted by Crippen LogP contribution is -2.26. The van der Waals surface area contributed by atoms with Crippen molar-refractivity contribution >= 4 is 5.91 Å². The maximum Gasteiger partial charge on any atom is 0.255 e. The largest absolute Gasteiger partial charge is 0.472 e. The van der Waals surface area contributed by atoms with E-state index in [1.807, 2.05) is 25.1 Å². The molecule has 0 saturated heterocycles. The zero-order valence-electron chi connectivity index (χ0n) is 8.88. The minimum Gasteiger partial charge on any atom is -0.472 e. The Morgan fingerprint density at radius 1 is 1.44 bits per heavy atom. The summed E-state index contributed by atoms with van der Waals surface area (Å²) in [5.74, 6) is -0.160. The molecule has 0 aliphatic rings. The normalized spacial score (nSPS) is 12.1.